The van der Waals surface area contributed by atoms with Gasteiger partial charge >= 0.3 is 11.9 Å². The normalized spacial score (nSPS) is 10.0. The number of rotatable bonds is 10. The maximum Gasteiger partial charge on any atom is 0.328 e. The first-order chi connectivity index (χ1) is 12.3. The van der Waals surface area contributed by atoms with Crippen molar-refractivity contribution in [3.63, 3.8) is 0 Å². The maximum atomic E-state index is 11.5. The minimum Gasteiger partial charge on any atom is -0.478 e. The summed E-state index contributed by atoms with van der Waals surface area (Å²) in [7, 11) is 0. The van der Waals surface area contributed by atoms with Crippen molar-refractivity contribution in [3.05, 3.63) is 42.0 Å². The van der Waals surface area contributed by atoms with E-state index in [1.807, 2.05) is 24.3 Å². The molecule has 0 spiro atoms. The van der Waals surface area contributed by atoms with Crippen LogP contribution in [0.2, 0.25) is 0 Å². The van der Waals surface area contributed by atoms with E-state index in [1.54, 1.807) is 0 Å². The highest BCUT2D eigenvalue weighted by atomic mass is 16.4. The summed E-state index contributed by atoms with van der Waals surface area (Å²) in [5.41, 5.74) is 12.9. The van der Waals surface area contributed by atoms with Gasteiger partial charge in [-0.25, -0.2) is 9.59 Å². The van der Waals surface area contributed by atoms with Gasteiger partial charge in [-0.1, -0.05) is 18.6 Å². The second-order valence-corrected chi connectivity index (χ2v) is 5.45. The number of aliphatic carboxylic acids is 2. The molecule has 0 radical (unpaired) electrons. The molecule has 0 aromatic heterocycles. The van der Waals surface area contributed by atoms with Crippen molar-refractivity contribution in [2.24, 2.45) is 5.73 Å². The van der Waals surface area contributed by atoms with Gasteiger partial charge in [-0.05, 0) is 43.5 Å². The summed E-state index contributed by atoms with van der Waals surface area (Å²) < 4.78 is 0. The fraction of sp³-hybridized carbons (Fsp3) is 0.389. The molecule has 1 aromatic carbocycles. The zero-order valence-electron chi connectivity index (χ0n) is 14.7. The molecule has 8 heteroatoms. The summed E-state index contributed by atoms with van der Waals surface area (Å²) in [4.78, 5) is 30.6. The van der Waals surface area contributed by atoms with E-state index in [9.17, 15) is 14.4 Å². The zero-order chi connectivity index (χ0) is 19.8. The van der Waals surface area contributed by atoms with Crippen LogP contribution < -0.4 is 16.8 Å². The van der Waals surface area contributed by atoms with Gasteiger partial charge in [0.15, 0.2) is 0 Å². The monoisotopic (exact) mass is 365 g/mol. The molecule has 0 fully saturated rings. The Labute approximate surface area is 152 Å². The number of carbonyl (C=O) groups is 3. The van der Waals surface area contributed by atoms with E-state index in [4.69, 9.17) is 21.7 Å². The molecule has 0 heterocycles. The second kappa shape index (κ2) is 14.5. The summed E-state index contributed by atoms with van der Waals surface area (Å²) in [5.74, 6) is -2.39. The molecule has 7 N–H and O–H groups in total. The van der Waals surface area contributed by atoms with Gasteiger partial charge in [0.2, 0.25) is 5.91 Å². The van der Waals surface area contributed by atoms with Crippen molar-refractivity contribution in [2.45, 2.75) is 32.1 Å². The number of carboxylic acid groups (broad SMARTS) is 2. The molecule has 0 atom stereocenters. The Hall–Kier alpha value is -2.87. The molecule has 26 heavy (non-hydrogen) atoms. The number of carbonyl (C=O) groups excluding carboxylic acids is 1. The Morgan fingerprint density at radius 1 is 0.962 bits per heavy atom. The van der Waals surface area contributed by atoms with Crippen molar-refractivity contribution in [1.29, 1.82) is 0 Å². The van der Waals surface area contributed by atoms with E-state index in [2.05, 4.69) is 5.32 Å². The van der Waals surface area contributed by atoms with Crippen LogP contribution in [0.25, 0.3) is 0 Å². The van der Waals surface area contributed by atoms with Gasteiger partial charge in [-0.15, -0.1) is 0 Å². The SMILES string of the molecule is NCCCCCC(=O)NCCc1ccc(N)cc1.O=C(O)C=CC(=O)O. The highest BCUT2D eigenvalue weighted by Crippen LogP contribution is 2.05. The molecule has 0 saturated carbocycles. The van der Waals surface area contributed by atoms with Crippen LogP contribution in [0.4, 0.5) is 5.69 Å². The largest absolute Gasteiger partial charge is 0.478 e. The summed E-state index contributed by atoms with van der Waals surface area (Å²) in [6.45, 7) is 1.39. The summed E-state index contributed by atoms with van der Waals surface area (Å²) in [6, 6.07) is 7.74. The van der Waals surface area contributed by atoms with Crippen LogP contribution >= 0.6 is 0 Å². The Bertz CT molecular complexity index is 569. The van der Waals surface area contributed by atoms with E-state index in [1.165, 1.54) is 5.56 Å². The van der Waals surface area contributed by atoms with Gasteiger partial charge in [0.05, 0.1) is 0 Å². The molecule has 0 unspecified atom stereocenters. The number of nitrogens with two attached hydrogens (primary N) is 2. The Morgan fingerprint density at radius 3 is 2.04 bits per heavy atom. The zero-order valence-corrected chi connectivity index (χ0v) is 14.7. The number of hydrogen-bond donors (Lipinski definition) is 5. The lowest BCUT2D eigenvalue weighted by molar-refractivity contribution is -0.134. The van der Waals surface area contributed by atoms with Gasteiger partial charge in [0, 0.05) is 30.8 Å². The van der Waals surface area contributed by atoms with Gasteiger partial charge < -0.3 is 27.0 Å². The molecule has 1 amide bonds. The fourth-order valence-electron chi connectivity index (χ4n) is 1.87. The first kappa shape index (κ1) is 23.1. The molecule has 0 aliphatic rings. The fourth-order valence-corrected chi connectivity index (χ4v) is 1.87. The Balaban J connectivity index is 0.000000660. The minimum absolute atomic E-state index is 0.127. The lowest BCUT2D eigenvalue weighted by Gasteiger charge is -2.05. The van der Waals surface area contributed by atoms with Gasteiger partial charge in [-0.2, -0.15) is 0 Å². The quantitative estimate of drug-likeness (QED) is 0.236. The molecule has 1 aromatic rings. The van der Waals surface area contributed by atoms with Crippen molar-refractivity contribution < 1.29 is 24.6 Å². The van der Waals surface area contributed by atoms with Crippen LogP contribution in [0.3, 0.4) is 0 Å². The van der Waals surface area contributed by atoms with Crippen molar-refractivity contribution in [3.8, 4) is 0 Å². The number of nitrogens with one attached hydrogen (secondary N) is 1. The predicted molar refractivity (Wildman–Crippen MR) is 99.5 cm³/mol. The number of unbranched alkanes of at least 4 members (excludes halogenated alkanes) is 2. The average Bonchev–Trinajstić information content (AvgIpc) is 2.59. The number of anilines is 1. The van der Waals surface area contributed by atoms with Crippen LogP contribution in [0.5, 0.6) is 0 Å². The highest BCUT2D eigenvalue weighted by molar-refractivity contribution is 5.89. The molecular weight excluding hydrogens is 338 g/mol. The second-order valence-electron chi connectivity index (χ2n) is 5.45. The summed E-state index contributed by atoms with van der Waals surface area (Å²) in [6.07, 6.45) is 5.51. The lowest BCUT2D eigenvalue weighted by atomic mass is 10.1. The van der Waals surface area contributed by atoms with Crippen molar-refractivity contribution in [2.75, 3.05) is 18.8 Å². The molecule has 0 bridgehead atoms. The molecular formula is C18H27N3O5. The third kappa shape index (κ3) is 14.7. The number of amides is 1. The highest BCUT2D eigenvalue weighted by Gasteiger charge is 2.00. The van der Waals surface area contributed by atoms with Gasteiger partial charge in [-0.3, -0.25) is 4.79 Å². The Morgan fingerprint density at radius 2 is 1.54 bits per heavy atom. The molecule has 0 aliphatic heterocycles. The van der Waals surface area contributed by atoms with Crippen LogP contribution in [0, 0.1) is 0 Å². The first-order valence-electron chi connectivity index (χ1n) is 8.30. The predicted octanol–water partition coefficient (Wildman–Crippen LogP) is 1.16. The smallest absolute Gasteiger partial charge is 0.328 e. The summed E-state index contributed by atoms with van der Waals surface area (Å²) in [5, 5.41) is 18.5. The summed E-state index contributed by atoms with van der Waals surface area (Å²) >= 11 is 0. The van der Waals surface area contributed by atoms with E-state index in [-0.39, 0.29) is 5.91 Å². The lowest BCUT2D eigenvalue weighted by Crippen LogP contribution is -2.25. The van der Waals surface area contributed by atoms with Crippen LogP contribution in [0.1, 0.15) is 31.2 Å². The van der Waals surface area contributed by atoms with Crippen molar-refractivity contribution >= 4 is 23.5 Å². The topological polar surface area (TPSA) is 156 Å². The molecule has 8 nitrogen and oxygen atoms in total. The number of nitrogen functional groups attached to an aromatic ring is 1. The van der Waals surface area contributed by atoms with Gasteiger partial charge in [0.25, 0.3) is 0 Å². The van der Waals surface area contributed by atoms with Crippen LogP contribution in [-0.2, 0) is 20.8 Å². The van der Waals surface area contributed by atoms with Crippen LogP contribution in [-0.4, -0.2) is 41.1 Å². The first-order valence-corrected chi connectivity index (χ1v) is 8.30. The Kier molecular flexibility index (Phi) is 12.9. The maximum absolute atomic E-state index is 11.5. The van der Waals surface area contributed by atoms with Crippen LogP contribution in [0.15, 0.2) is 36.4 Å². The van der Waals surface area contributed by atoms with E-state index < -0.39 is 11.9 Å². The van der Waals surface area contributed by atoms with E-state index in [0.717, 1.165) is 31.4 Å². The molecule has 144 valence electrons. The average molecular weight is 365 g/mol. The molecule has 0 aliphatic carbocycles. The molecule has 1 rings (SSSR count). The van der Waals surface area contributed by atoms with E-state index in [0.29, 0.717) is 31.7 Å². The number of hydrogen-bond acceptors (Lipinski definition) is 5. The van der Waals surface area contributed by atoms with Gasteiger partial charge in [0.1, 0.15) is 0 Å². The van der Waals surface area contributed by atoms with E-state index >= 15 is 0 Å². The van der Waals surface area contributed by atoms with Crippen molar-refractivity contribution in [1.82, 2.24) is 5.32 Å². The minimum atomic E-state index is -1.26. The number of benzene rings is 1. The number of carboxylic acids is 2. The standard InChI is InChI=1S/C14H23N3O.C4H4O4/c15-10-3-1-2-4-14(18)17-11-9-12-5-7-13(16)8-6-12;5-3(6)1-2-4(7)8/h5-8H,1-4,9-11,15-16H2,(H,17,18);1-2H,(H,5,6)(H,7,8). The third-order valence-corrected chi connectivity index (χ3v) is 3.19. The third-order valence-electron chi connectivity index (χ3n) is 3.19. The molecule has 0 saturated heterocycles.